The van der Waals surface area contributed by atoms with Gasteiger partial charge in [0.25, 0.3) is 0 Å². The molecule has 0 fully saturated rings. The summed E-state index contributed by atoms with van der Waals surface area (Å²) in [5.41, 5.74) is 0.912. The molecular formula is C15H19NO2S2. The van der Waals surface area contributed by atoms with Gasteiger partial charge in [-0.2, -0.15) is 11.8 Å². The highest BCUT2D eigenvalue weighted by atomic mass is 32.2. The first-order valence-electron chi connectivity index (χ1n) is 6.60. The van der Waals surface area contributed by atoms with Crippen molar-refractivity contribution in [2.24, 2.45) is 0 Å². The Morgan fingerprint density at radius 1 is 1.45 bits per heavy atom. The summed E-state index contributed by atoms with van der Waals surface area (Å²) in [5.74, 6) is -0.833. The molecule has 1 atom stereocenters. The number of fused-ring (bicyclic) bond motifs is 1. The first-order valence-corrected chi connectivity index (χ1v) is 8.71. The fourth-order valence-corrected chi connectivity index (χ4v) is 3.50. The number of thioether (sulfide) groups is 1. The Labute approximate surface area is 127 Å². The molecule has 0 aliphatic heterocycles. The summed E-state index contributed by atoms with van der Waals surface area (Å²) < 4.78 is 1.04. The topological polar surface area (TPSA) is 49.3 Å². The van der Waals surface area contributed by atoms with Crippen molar-refractivity contribution in [3.8, 4) is 0 Å². The Morgan fingerprint density at radius 2 is 2.20 bits per heavy atom. The number of rotatable bonds is 7. The SMILES string of the molecule is CSC(C)CCNCc1c(C(=O)O)sc2ccccc12. The van der Waals surface area contributed by atoms with Crippen LogP contribution in [0.4, 0.5) is 0 Å². The quantitative estimate of drug-likeness (QED) is 0.763. The summed E-state index contributed by atoms with van der Waals surface area (Å²) in [6.45, 7) is 3.73. The summed E-state index contributed by atoms with van der Waals surface area (Å²) >= 11 is 3.21. The lowest BCUT2D eigenvalue weighted by atomic mass is 10.1. The number of carboxylic acid groups (broad SMARTS) is 1. The Morgan fingerprint density at radius 3 is 2.90 bits per heavy atom. The van der Waals surface area contributed by atoms with Crippen molar-refractivity contribution in [2.45, 2.75) is 25.1 Å². The molecule has 2 rings (SSSR count). The van der Waals surface area contributed by atoms with Gasteiger partial charge in [-0.1, -0.05) is 25.1 Å². The zero-order valence-electron chi connectivity index (χ0n) is 11.7. The fourth-order valence-electron chi connectivity index (χ4n) is 2.08. The molecule has 2 aromatic rings. The fraction of sp³-hybridized carbons (Fsp3) is 0.400. The first-order chi connectivity index (χ1) is 9.63. The van der Waals surface area contributed by atoms with Gasteiger partial charge in [-0.15, -0.1) is 11.3 Å². The lowest BCUT2D eigenvalue weighted by Crippen LogP contribution is -2.18. The van der Waals surface area contributed by atoms with Crippen LogP contribution in [-0.4, -0.2) is 29.1 Å². The smallest absolute Gasteiger partial charge is 0.346 e. The van der Waals surface area contributed by atoms with Gasteiger partial charge >= 0.3 is 5.97 Å². The van der Waals surface area contributed by atoms with Crippen molar-refractivity contribution in [3.63, 3.8) is 0 Å². The minimum atomic E-state index is -0.833. The lowest BCUT2D eigenvalue weighted by molar-refractivity contribution is 0.0701. The second kappa shape index (κ2) is 7.11. The van der Waals surface area contributed by atoms with Gasteiger partial charge in [0.15, 0.2) is 0 Å². The number of carboxylic acids is 1. The maximum absolute atomic E-state index is 11.4. The van der Waals surface area contributed by atoms with E-state index in [1.807, 2.05) is 36.0 Å². The van der Waals surface area contributed by atoms with Crippen LogP contribution in [-0.2, 0) is 6.54 Å². The highest BCUT2D eigenvalue weighted by molar-refractivity contribution is 7.99. The number of hydrogen-bond acceptors (Lipinski definition) is 4. The van der Waals surface area contributed by atoms with Crippen LogP contribution >= 0.6 is 23.1 Å². The zero-order valence-corrected chi connectivity index (χ0v) is 13.3. The summed E-state index contributed by atoms with van der Waals surface area (Å²) in [5, 5.41) is 14.4. The average Bonchev–Trinajstić information content (AvgIpc) is 2.82. The van der Waals surface area contributed by atoms with Gasteiger partial charge in [-0.3, -0.25) is 0 Å². The van der Waals surface area contributed by atoms with E-state index in [1.165, 1.54) is 11.3 Å². The van der Waals surface area contributed by atoms with E-state index in [1.54, 1.807) is 0 Å². The molecular weight excluding hydrogens is 290 g/mol. The molecule has 0 spiro atoms. The van der Waals surface area contributed by atoms with Crippen LogP contribution in [0.3, 0.4) is 0 Å². The van der Waals surface area contributed by atoms with Crippen molar-refractivity contribution >= 4 is 39.2 Å². The van der Waals surface area contributed by atoms with E-state index in [4.69, 9.17) is 0 Å². The Hall–Kier alpha value is -1.04. The van der Waals surface area contributed by atoms with Gasteiger partial charge in [0, 0.05) is 16.5 Å². The predicted molar refractivity (Wildman–Crippen MR) is 88.1 cm³/mol. The monoisotopic (exact) mass is 309 g/mol. The van der Waals surface area contributed by atoms with E-state index in [2.05, 4.69) is 18.5 Å². The summed E-state index contributed by atoms with van der Waals surface area (Å²) in [4.78, 5) is 11.8. The number of thiophene rings is 1. The second-order valence-corrected chi connectivity index (χ2v) is 7.05. The van der Waals surface area contributed by atoms with Gasteiger partial charge in [0.2, 0.25) is 0 Å². The van der Waals surface area contributed by atoms with Crippen LogP contribution < -0.4 is 5.32 Å². The largest absolute Gasteiger partial charge is 0.477 e. The van der Waals surface area contributed by atoms with E-state index >= 15 is 0 Å². The standard InChI is InChI=1S/C15H19NO2S2/c1-10(19-2)7-8-16-9-12-11-5-3-4-6-13(11)20-14(12)15(17)18/h3-6,10,16H,7-9H2,1-2H3,(H,17,18). The zero-order chi connectivity index (χ0) is 14.5. The third-order valence-corrected chi connectivity index (χ3v) is 5.57. The minimum absolute atomic E-state index is 0.455. The second-order valence-electron chi connectivity index (χ2n) is 4.72. The number of benzene rings is 1. The number of aromatic carboxylic acids is 1. The normalized spacial score (nSPS) is 12.7. The van der Waals surface area contributed by atoms with E-state index in [0.717, 1.165) is 28.6 Å². The first kappa shape index (κ1) is 15.4. The van der Waals surface area contributed by atoms with Gasteiger partial charge in [0.05, 0.1) is 0 Å². The van der Waals surface area contributed by atoms with Crippen LogP contribution in [0.25, 0.3) is 10.1 Å². The van der Waals surface area contributed by atoms with E-state index in [-0.39, 0.29) is 0 Å². The molecule has 3 nitrogen and oxygen atoms in total. The Kier molecular flexibility index (Phi) is 5.46. The number of hydrogen-bond donors (Lipinski definition) is 2. The van der Waals surface area contributed by atoms with Crippen LogP contribution in [0, 0.1) is 0 Å². The molecule has 5 heteroatoms. The molecule has 0 aliphatic rings. The summed E-state index contributed by atoms with van der Waals surface area (Å²) in [7, 11) is 0. The molecule has 0 bridgehead atoms. The summed E-state index contributed by atoms with van der Waals surface area (Å²) in [6.07, 6.45) is 3.20. The molecule has 0 saturated carbocycles. The molecule has 0 aliphatic carbocycles. The molecule has 1 heterocycles. The molecule has 0 saturated heterocycles. The van der Waals surface area contributed by atoms with Crippen molar-refractivity contribution in [2.75, 3.05) is 12.8 Å². The number of carbonyl (C=O) groups is 1. The van der Waals surface area contributed by atoms with Crippen LogP contribution in [0.1, 0.15) is 28.6 Å². The van der Waals surface area contributed by atoms with Gasteiger partial charge < -0.3 is 10.4 Å². The molecule has 1 unspecified atom stereocenters. The molecule has 1 aromatic carbocycles. The lowest BCUT2D eigenvalue weighted by Gasteiger charge is -2.09. The van der Waals surface area contributed by atoms with Gasteiger partial charge in [-0.25, -0.2) is 4.79 Å². The molecule has 20 heavy (non-hydrogen) atoms. The number of nitrogens with one attached hydrogen (secondary N) is 1. The molecule has 0 radical (unpaired) electrons. The average molecular weight is 309 g/mol. The predicted octanol–water partition coefficient (Wildman–Crippen LogP) is 3.83. The Bertz CT molecular complexity index is 595. The van der Waals surface area contributed by atoms with Crippen molar-refractivity contribution in [3.05, 3.63) is 34.7 Å². The maximum Gasteiger partial charge on any atom is 0.346 e. The van der Waals surface area contributed by atoms with E-state index < -0.39 is 5.97 Å². The van der Waals surface area contributed by atoms with Crippen molar-refractivity contribution < 1.29 is 9.90 Å². The summed E-state index contributed by atoms with van der Waals surface area (Å²) in [6, 6.07) is 7.88. The Balaban J connectivity index is 2.11. The molecule has 108 valence electrons. The van der Waals surface area contributed by atoms with Crippen molar-refractivity contribution in [1.82, 2.24) is 5.32 Å². The van der Waals surface area contributed by atoms with Crippen molar-refractivity contribution in [1.29, 1.82) is 0 Å². The third-order valence-electron chi connectivity index (χ3n) is 3.32. The van der Waals surface area contributed by atoms with E-state index in [0.29, 0.717) is 16.7 Å². The van der Waals surface area contributed by atoms with Crippen LogP contribution in [0.2, 0.25) is 0 Å². The van der Waals surface area contributed by atoms with Crippen LogP contribution in [0.5, 0.6) is 0 Å². The maximum atomic E-state index is 11.4. The third kappa shape index (κ3) is 3.53. The highest BCUT2D eigenvalue weighted by Gasteiger charge is 2.16. The molecule has 2 N–H and O–H groups in total. The minimum Gasteiger partial charge on any atom is -0.477 e. The van der Waals surface area contributed by atoms with Gasteiger partial charge in [-0.05, 0) is 36.2 Å². The van der Waals surface area contributed by atoms with Gasteiger partial charge in [0.1, 0.15) is 4.88 Å². The molecule has 1 aromatic heterocycles. The van der Waals surface area contributed by atoms with E-state index in [9.17, 15) is 9.90 Å². The highest BCUT2D eigenvalue weighted by Crippen LogP contribution is 2.31. The van der Waals surface area contributed by atoms with Crippen LogP contribution in [0.15, 0.2) is 24.3 Å². The molecule has 0 amide bonds.